The third kappa shape index (κ3) is 1.32. The molecule has 1 aromatic rings. The average molecular weight is 163 g/mol. The van der Waals surface area contributed by atoms with Crippen molar-refractivity contribution >= 4 is 0 Å². The molecule has 3 heteroatoms. The molecule has 1 aliphatic carbocycles. The maximum Gasteiger partial charge on any atom is 0.0722 e. The van der Waals surface area contributed by atoms with Crippen molar-refractivity contribution in [3.8, 4) is 0 Å². The maximum atomic E-state index is 5.42. The molecular weight excluding hydrogens is 150 g/mol. The lowest BCUT2D eigenvalue weighted by Crippen LogP contribution is -2.11. The summed E-state index contributed by atoms with van der Waals surface area (Å²) in [5.74, 6) is 0.671. The lowest BCUT2D eigenvalue weighted by Gasteiger charge is -2.24. The van der Waals surface area contributed by atoms with Crippen LogP contribution in [0.25, 0.3) is 0 Å². The maximum absolute atomic E-state index is 5.42. The van der Waals surface area contributed by atoms with Gasteiger partial charge in [-0.3, -0.25) is 9.97 Å². The first-order valence-electron chi connectivity index (χ1n) is 4.41. The zero-order valence-electron chi connectivity index (χ0n) is 7.03. The fraction of sp³-hybridized carbons (Fsp3) is 0.556. The van der Waals surface area contributed by atoms with E-state index in [1.54, 1.807) is 6.20 Å². The first kappa shape index (κ1) is 7.68. The number of nitrogens with zero attached hydrogens (tertiary/aromatic N) is 2. The molecule has 1 fully saturated rings. The molecule has 2 N–H and O–H groups in total. The third-order valence-electron chi connectivity index (χ3n) is 2.46. The lowest BCUT2D eigenvalue weighted by molar-refractivity contribution is 0.409. The summed E-state index contributed by atoms with van der Waals surface area (Å²) >= 11 is 0. The van der Waals surface area contributed by atoms with Crippen LogP contribution in [0.3, 0.4) is 0 Å². The summed E-state index contributed by atoms with van der Waals surface area (Å²) in [5, 5.41) is 0. The molecule has 3 nitrogen and oxygen atoms in total. The van der Waals surface area contributed by atoms with Gasteiger partial charge in [-0.05, 0) is 12.8 Å². The number of rotatable bonds is 2. The van der Waals surface area contributed by atoms with Gasteiger partial charge in [-0.15, -0.1) is 0 Å². The summed E-state index contributed by atoms with van der Waals surface area (Å²) in [6.07, 6.45) is 7.54. The van der Waals surface area contributed by atoms with E-state index in [1.807, 2.05) is 6.20 Å². The van der Waals surface area contributed by atoms with Gasteiger partial charge in [0.25, 0.3) is 0 Å². The van der Waals surface area contributed by atoms with Crippen LogP contribution in [0.15, 0.2) is 12.4 Å². The van der Waals surface area contributed by atoms with E-state index in [2.05, 4.69) is 9.97 Å². The number of hydrogen-bond acceptors (Lipinski definition) is 3. The Morgan fingerprint density at radius 1 is 1.33 bits per heavy atom. The van der Waals surface area contributed by atoms with Gasteiger partial charge in [0.05, 0.1) is 17.6 Å². The Morgan fingerprint density at radius 2 is 2.17 bits per heavy atom. The van der Waals surface area contributed by atoms with Crippen molar-refractivity contribution in [3.63, 3.8) is 0 Å². The summed E-state index contributed by atoms with van der Waals surface area (Å²) in [6, 6.07) is 0. The lowest BCUT2D eigenvalue weighted by atomic mass is 9.83. The van der Waals surface area contributed by atoms with E-state index in [1.165, 1.54) is 19.3 Å². The van der Waals surface area contributed by atoms with Gasteiger partial charge >= 0.3 is 0 Å². The van der Waals surface area contributed by atoms with E-state index in [4.69, 9.17) is 5.73 Å². The predicted molar refractivity (Wildman–Crippen MR) is 46.5 cm³/mol. The monoisotopic (exact) mass is 163 g/mol. The minimum absolute atomic E-state index is 0.484. The highest BCUT2D eigenvalue weighted by molar-refractivity contribution is 5.09. The molecule has 0 spiro atoms. The second-order valence-corrected chi connectivity index (χ2v) is 3.26. The predicted octanol–water partition coefficient (Wildman–Crippen LogP) is 1.20. The summed E-state index contributed by atoms with van der Waals surface area (Å²) in [7, 11) is 0. The fourth-order valence-electron chi connectivity index (χ4n) is 1.39. The Morgan fingerprint density at radius 3 is 2.58 bits per heavy atom. The molecular formula is C9H13N3. The zero-order chi connectivity index (χ0) is 8.39. The van der Waals surface area contributed by atoms with Crippen molar-refractivity contribution in [1.82, 2.24) is 9.97 Å². The topological polar surface area (TPSA) is 51.8 Å². The molecule has 0 radical (unpaired) electrons. The van der Waals surface area contributed by atoms with Gasteiger partial charge in [-0.25, -0.2) is 0 Å². The molecule has 0 saturated heterocycles. The van der Waals surface area contributed by atoms with E-state index in [9.17, 15) is 0 Å². The van der Waals surface area contributed by atoms with Crippen LogP contribution in [0, 0.1) is 0 Å². The van der Waals surface area contributed by atoms with Crippen molar-refractivity contribution in [1.29, 1.82) is 0 Å². The van der Waals surface area contributed by atoms with Gasteiger partial charge in [0.15, 0.2) is 0 Å². The van der Waals surface area contributed by atoms with Crippen LogP contribution in [0.5, 0.6) is 0 Å². The van der Waals surface area contributed by atoms with Crippen molar-refractivity contribution in [2.75, 3.05) is 0 Å². The molecule has 0 aromatic carbocycles. The zero-order valence-corrected chi connectivity index (χ0v) is 7.03. The molecule has 1 heterocycles. The van der Waals surface area contributed by atoms with Crippen LogP contribution < -0.4 is 5.73 Å². The highest BCUT2D eigenvalue weighted by Crippen LogP contribution is 2.34. The highest BCUT2D eigenvalue weighted by atomic mass is 14.8. The normalized spacial score (nSPS) is 17.4. The first-order chi connectivity index (χ1) is 5.90. The van der Waals surface area contributed by atoms with Gasteiger partial charge in [0, 0.05) is 18.7 Å². The molecule has 0 unspecified atom stereocenters. The molecule has 0 bridgehead atoms. The van der Waals surface area contributed by atoms with E-state index in [0.717, 1.165) is 11.4 Å². The van der Waals surface area contributed by atoms with Crippen LogP contribution in [0.1, 0.15) is 36.6 Å². The summed E-state index contributed by atoms with van der Waals surface area (Å²) in [5.41, 5.74) is 7.43. The summed E-state index contributed by atoms with van der Waals surface area (Å²) < 4.78 is 0. The third-order valence-corrected chi connectivity index (χ3v) is 2.46. The molecule has 1 saturated carbocycles. The van der Waals surface area contributed by atoms with E-state index in [0.29, 0.717) is 12.5 Å². The minimum atomic E-state index is 0.484. The smallest absolute Gasteiger partial charge is 0.0722 e. The number of hydrogen-bond donors (Lipinski definition) is 1. The van der Waals surface area contributed by atoms with Gasteiger partial charge in [0.1, 0.15) is 0 Å². The molecule has 1 aliphatic rings. The SMILES string of the molecule is NCc1cnc(C2CCC2)cn1. The van der Waals surface area contributed by atoms with Crippen LogP contribution in [-0.2, 0) is 6.54 Å². The molecule has 2 rings (SSSR count). The van der Waals surface area contributed by atoms with Gasteiger partial charge in [-0.1, -0.05) is 6.42 Å². The Bertz CT molecular complexity index is 251. The van der Waals surface area contributed by atoms with E-state index >= 15 is 0 Å². The van der Waals surface area contributed by atoms with Gasteiger partial charge in [0.2, 0.25) is 0 Å². The Hall–Kier alpha value is -0.960. The standard InChI is InChI=1S/C9H13N3/c10-4-8-5-12-9(6-11-8)7-2-1-3-7/h5-7H,1-4,10H2. The van der Waals surface area contributed by atoms with Crippen molar-refractivity contribution in [2.24, 2.45) is 5.73 Å². The molecule has 1 aromatic heterocycles. The molecule has 0 aliphatic heterocycles. The van der Waals surface area contributed by atoms with E-state index in [-0.39, 0.29) is 0 Å². The average Bonchev–Trinajstić information content (AvgIpc) is 2.03. The Labute approximate surface area is 72.0 Å². The first-order valence-corrected chi connectivity index (χ1v) is 4.41. The second-order valence-electron chi connectivity index (χ2n) is 3.26. The summed E-state index contributed by atoms with van der Waals surface area (Å²) in [6.45, 7) is 0.484. The number of nitrogens with two attached hydrogens (primary N) is 1. The molecule has 0 atom stereocenters. The summed E-state index contributed by atoms with van der Waals surface area (Å²) in [4.78, 5) is 8.54. The highest BCUT2D eigenvalue weighted by Gasteiger charge is 2.20. The quantitative estimate of drug-likeness (QED) is 0.712. The Kier molecular flexibility index (Phi) is 2.04. The van der Waals surface area contributed by atoms with E-state index < -0.39 is 0 Å². The largest absolute Gasteiger partial charge is 0.325 e. The van der Waals surface area contributed by atoms with Crippen molar-refractivity contribution < 1.29 is 0 Å². The molecule has 64 valence electrons. The minimum Gasteiger partial charge on any atom is -0.325 e. The molecule has 12 heavy (non-hydrogen) atoms. The van der Waals surface area contributed by atoms with Gasteiger partial charge < -0.3 is 5.73 Å². The second kappa shape index (κ2) is 3.19. The Balaban J connectivity index is 2.13. The molecule has 0 amide bonds. The number of aromatic nitrogens is 2. The van der Waals surface area contributed by atoms with Crippen LogP contribution >= 0.6 is 0 Å². The van der Waals surface area contributed by atoms with Crippen LogP contribution in [0.2, 0.25) is 0 Å². The van der Waals surface area contributed by atoms with Crippen molar-refractivity contribution in [3.05, 3.63) is 23.8 Å². The fourth-order valence-corrected chi connectivity index (χ4v) is 1.39. The van der Waals surface area contributed by atoms with Crippen molar-refractivity contribution in [2.45, 2.75) is 31.7 Å². The van der Waals surface area contributed by atoms with Crippen LogP contribution in [-0.4, -0.2) is 9.97 Å². The van der Waals surface area contributed by atoms with Gasteiger partial charge in [-0.2, -0.15) is 0 Å². The van der Waals surface area contributed by atoms with Crippen LogP contribution in [0.4, 0.5) is 0 Å².